The molecule has 0 spiro atoms. The maximum Gasteiger partial charge on any atom is 0.328 e. The van der Waals surface area contributed by atoms with Crippen LogP contribution in [0.4, 0.5) is 0 Å². The summed E-state index contributed by atoms with van der Waals surface area (Å²) in [5.41, 5.74) is -0.0504. The standard InChI is InChI=1S/C15H16N2O8S/c1-15(6-16-13(21)7-2-3-8(18)9(19)4-7)12(14(22)23)17-10(20)5-11(17)26(15,24)25/h2-4,11-12,18-19H,5-6H2,1H3,(H,16,21)(H,22,23)/t11-,12+,15+/m1/s1. The molecule has 2 amide bonds. The van der Waals surface area contributed by atoms with E-state index in [1.165, 1.54) is 13.0 Å². The van der Waals surface area contributed by atoms with Gasteiger partial charge in [0.25, 0.3) is 5.91 Å². The van der Waals surface area contributed by atoms with Gasteiger partial charge in [-0.25, -0.2) is 13.2 Å². The van der Waals surface area contributed by atoms with E-state index in [2.05, 4.69) is 5.32 Å². The smallest absolute Gasteiger partial charge is 0.328 e. The quantitative estimate of drug-likeness (QED) is 0.381. The van der Waals surface area contributed by atoms with Gasteiger partial charge in [0.15, 0.2) is 27.4 Å². The molecule has 26 heavy (non-hydrogen) atoms. The van der Waals surface area contributed by atoms with E-state index in [9.17, 15) is 38.1 Å². The molecule has 0 aromatic heterocycles. The average molecular weight is 384 g/mol. The van der Waals surface area contributed by atoms with Crippen molar-refractivity contribution in [2.75, 3.05) is 6.54 Å². The summed E-state index contributed by atoms with van der Waals surface area (Å²) in [7, 11) is -4.03. The molecule has 4 N–H and O–H groups in total. The van der Waals surface area contributed by atoms with Crippen molar-refractivity contribution in [3.8, 4) is 11.5 Å². The number of fused-ring (bicyclic) bond motifs is 1. The van der Waals surface area contributed by atoms with Crippen LogP contribution in [0.5, 0.6) is 11.5 Å². The van der Waals surface area contributed by atoms with Gasteiger partial charge in [-0.15, -0.1) is 0 Å². The lowest BCUT2D eigenvalue weighted by Gasteiger charge is -2.35. The third-order valence-electron chi connectivity index (χ3n) is 4.88. The number of β-lactam (4-membered cyclic amide) rings is 1. The number of aromatic hydroxyl groups is 2. The number of benzene rings is 1. The SMILES string of the molecule is C[C@]1(CNC(=O)c2ccc(O)c(O)c2)[C@H](C(=O)O)N2C(=O)C[C@H]2S1(=O)=O. The number of phenolic OH excluding ortho intramolecular Hbond substituents is 2. The van der Waals surface area contributed by atoms with Gasteiger partial charge in [0.1, 0.15) is 10.1 Å². The molecule has 2 aliphatic rings. The molecule has 1 aromatic carbocycles. The zero-order chi connectivity index (χ0) is 19.4. The molecule has 2 heterocycles. The van der Waals surface area contributed by atoms with Crippen LogP contribution in [0.2, 0.25) is 0 Å². The van der Waals surface area contributed by atoms with Crippen LogP contribution in [0.3, 0.4) is 0 Å². The Morgan fingerprint density at radius 1 is 1.31 bits per heavy atom. The number of nitrogens with zero attached hydrogens (tertiary/aromatic N) is 1. The third-order valence-corrected chi connectivity index (χ3v) is 7.66. The van der Waals surface area contributed by atoms with Crippen molar-refractivity contribution >= 4 is 27.6 Å². The molecule has 2 saturated heterocycles. The molecule has 140 valence electrons. The molecule has 11 heteroatoms. The molecule has 1 aromatic rings. The van der Waals surface area contributed by atoms with Crippen molar-refractivity contribution in [2.24, 2.45) is 0 Å². The van der Waals surface area contributed by atoms with Crippen LogP contribution in [0, 0.1) is 0 Å². The summed E-state index contributed by atoms with van der Waals surface area (Å²) < 4.78 is 23.5. The van der Waals surface area contributed by atoms with Gasteiger partial charge in [-0.3, -0.25) is 9.59 Å². The maximum atomic E-state index is 12.7. The number of carbonyl (C=O) groups is 3. The fourth-order valence-electron chi connectivity index (χ4n) is 3.33. The fourth-order valence-corrected chi connectivity index (χ4v) is 5.65. The van der Waals surface area contributed by atoms with Gasteiger partial charge in [-0.05, 0) is 25.1 Å². The van der Waals surface area contributed by atoms with E-state index in [1.807, 2.05) is 0 Å². The Kier molecular flexibility index (Phi) is 3.87. The van der Waals surface area contributed by atoms with E-state index in [1.54, 1.807) is 0 Å². The summed E-state index contributed by atoms with van der Waals surface area (Å²) in [6.45, 7) is 0.647. The lowest BCUT2D eigenvalue weighted by Crippen LogP contribution is -2.59. The van der Waals surface area contributed by atoms with Crippen molar-refractivity contribution < 1.29 is 38.1 Å². The maximum absolute atomic E-state index is 12.7. The third kappa shape index (κ3) is 2.30. The zero-order valence-electron chi connectivity index (χ0n) is 13.5. The predicted octanol–water partition coefficient (Wildman–Crippen LogP) is -0.974. The van der Waals surface area contributed by atoms with Crippen molar-refractivity contribution in [3.63, 3.8) is 0 Å². The Morgan fingerprint density at radius 3 is 2.50 bits per heavy atom. The number of rotatable bonds is 4. The first kappa shape index (κ1) is 18.0. The lowest BCUT2D eigenvalue weighted by molar-refractivity contribution is -0.157. The van der Waals surface area contributed by atoms with Crippen LogP contribution in [-0.2, 0) is 19.4 Å². The first-order chi connectivity index (χ1) is 12.0. The van der Waals surface area contributed by atoms with Crippen LogP contribution in [0.25, 0.3) is 0 Å². The Hall–Kier alpha value is -2.82. The largest absolute Gasteiger partial charge is 0.504 e. The van der Waals surface area contributed by atoms with E-state index in [4.69, 9.17) is 0 Å². The highest BCUT2D eigenvalue weighted by atomic mass is 32.2. The van der Waals surface area contributed by atoms with Crippen LogP contribution in [0.15, 0.2) is 18.2 Å². The number of hydrogen-bond acceptors (Lipinski definition) is 7. The Labute approximate surface area is 148 Å². The fraction of sp³-hybridized carbons (Fsp3) is 0.400. The molecule has 2 fully saturated rings. The summed E-state index contributed by atoms with van der Waals surface area (Å²) in [5, 5.41) is 29.3. The highest BCUT2D eigenvalue weighted by Gasteiger charge is 2.69. The number of carboxylic acids is 1. The lowest BCUT2D eigenvalue weighted by atomic mass is 9.96. The van der Waals surface area contributed by atoms with Crippen molar-refractivity contribution in [1.82, 2.24) is 10.2 Å². The van der Waals surface area contributed by atoms with Gasteiger partial charge in [0.05, 0.1) is 6.42 Å². The normalized spacial score (nSPS) is 29.0. The molecule has 2 aliphatic heterocycles. The summed E-state index contributed by atoms with van der Waals surface area (Å²) in [6, 6.07) is 1.68. The topological polar surface area (TPSA) is 161 Å². The predicted molar refractivity (Wildman–Crippen MR) is 86.1 cm³/mol. The Morgan fingerprint density at radius 2 is 1.96 bits per heavy atom. The number of hydrogen-bond donors (Lipinski definition) is 4. The van der Waals surface area contributed by atoms with Crippen LogP contribution >= 0.6 is 0 Å². The number of amides is 2. The first-order valence-corrected chi connectivity index (χ1v) is 9.13. The van der Waals surface area contributed by atoms with Gasteiger partial charge in [-0.1, -0.05) is 0 Å². The minimum atomic E-state index is -4.03. The summed E-state index contributed by atoms with van der Waals surface area (Å²) >= 11 is 0. The van der Waals surface area contributed by atoms with Gasteiger partial charge in [-0.2, -0.15) is 0 Å². The van der Waals surface area contributed by atoms with E-state index >= 15 is 0 Å². The van der Waals surface area contributed by atoms with Gasteiger partial charge in [0, 0.05) is 12.1 Å². The molecule has 0 radical (unpaired) electrons. The second-order valence-electron chi connectivity index (χ2n) is 6.44. The van der Waals surface area contributed by atoms with E-state index in [0.29, 0.717) is 0 Å². The molecule has 3 atom stereocenters. The summed E-state index contributed by atoms with van der Waals surface area (Å²) in [5.74, 6) is -3.76. The zero-order valence-corrected chi connectivity index (χ0v) is 14.4. The van der Waals surface area contributed by atoms with Gasteiger partial charge >= 0.3 is 5.97 Å². The first-order valence-electron chi connectivity index (χ1n) is 7.58. The molecule has 0 aliphatic carbocycles. The number of carbonyl (C=O) groups excluding carboxylic acids is 2. The number of nitrogens with one attached hydrogen (secondary N) is 1. The molecule has 0 bridgehead atoms. The number of sulfone groups is 1. The minimum absolute atomic E-state index is 0.0504. The monoisotopic (exact) mass is 384 g/mol. The van der Waals surface area contributed by atoms with Crippen molar-refractivity contribution in [3.05, 3.63) is 23.8 Å². The van der Waals surface area contributed by atoms with Gasteiger partial charge in [0.2, 0.25) is 5.91 Å². The Bertz CT molecular complexity index is 928. The molecule has 10 nitrogen and oxygen atoms in total. The average Bonchev–Trinajstić information content (AvgIpc) is 2.70. The molecule has 0 saturated carbocycles. The highest BCUT2D eigenvalue weighted by molar-refractivity contribution is 7.94. The van der Waals surface area contributed by atoms with Crippen LogP contribution < -0.4 is 5.32 Å². The summed E-state index contributed by atoms with van der Waals surface area (Å²) in [4.78, 5) is 36.3. The van der Waals surface area contributed by atoms with E-state index < -0.39 is 61.8 Å². The number of aliphatic carboxylic acids is 1. The number of phenols is 2. The highest BCUT2D eigenvalue weighted by Crippen LogP contribution is 2.45. The molecule has 0 unspecified atom stereocenters. The number of carboxylic acid groups (broad SMARTS) is 1. The minimum Gasteiger partial charge on any atom is -0.504 e. The molecular weight excluding hydrogens is 368 g/mol. The van der Waals surface area contributed by atoms with Crippen molar-refractivity contribution in [2.45, 2.75) is 29.5 Å². The van der Waals surface area contributed by atoms with Gasteiger partial charge < -0.3 is 25.5 Å². The summed E-state index contributed by atoms with van der Waals surface area (Å²) in [6.07, 6.45) is -0.276. The van der Waals surface area contributed by atoms with Crippen molar-refractivity contribution in [1.29, 1.82) is 0 Å². The molecule has 3 rings (SSSR count). The van der Waals surface area contributed by atoms with E-state index in [0.717, 1.165) is 17.0 Å². The second-order valence-corrected chi connectivity index (χ2v) is 9.01. The second kappa shape index (κ2) is 5.59. The Balaban J connectivity index is 1.87. The molecular formula is C15H16N2O8S. The van der Waals surface area contributed by atoms with E-state index in [-0.39, 0.29) is 12.0 Å². The van der Waals surface area contributed by atoms with Crippen LogP contribution in [-0.4, -0.2) is 69.1 Å². The van der Waals surface area contributed by atoms with Crippen LogP contribution in [0.1, 0.15) is 23.7 Å².